The molecule has 0 bridgehead atoms. The Kier molecular flexibility index (Phi) is 1.57. The highest BCUT2D eigenvalue weighted by Gasteiger charge is 2.74. The Bertz CT molecular complexity index is 387. The molecule has 0 spiro atoms. The fourth-order valence-corrected chi connectivity index (χ4v) is 1.95. The Labute approximate surface area is 81.0 Å². The lowest BCUT2D eigenvalue weighted by atomic mass is 9.97. The minimum absolute atomic E-state index is 0.223. The summed E-state index contributed by atoms with van der Waals surface area (Å²) in [6.45, 7) is 0. The van der Waals surface area contributed by atoms with E-state index in [9.17, 15) is 23.3 Å². The van der Waals surface area contributed by atoms with E-state index in [1.807, 2.05) is 0 Å². The second kappa shape index (κ2) is 2.31. The molecule has 0 saturated carbocycles. The number of alkyl halides is 4. The molecule has 14 heavy (non-hydrogen) atoms. The van der Waals surface area contributed by atoms with Gasteiger partial charge in [0, 0.05) is 11.0 Å². The van der Waals surface area contributed by atoms with Crippen LogP contribution in [0.1, 0.15) is 0 Å². The molecule has 76 valence electrons. The Balaban J connectivity index is 2.50. The van der Waals surface area contributed by atoms with E-state index >= 15 is 0 Å². The Morgan fingerprint density at radius 1 is 1.57 bits per heavy atom. The number of nitro groups is 1. The topological polar surface area (TPSA) is 43.1 Å². The summed E-state index contributed by atoms with van der Waals surface area (Å²) in [5.41, 5.74) is -2.66. The summed E-state index contributed by atoms with van der Waals surface area (Å²) in [6.07, 6.45) is -2.98. The van der Waals surface area contributed by atoms with E-state index in [0.29, 0.717) is 6.08 Å². The van der Waals surface area contributed by atoms with Gasteiger partial charge < -0.3 is 0 Å². The van der Waals surface area contributed by atoms with Crippen LogP contribution < -0.4 is 0 Å². The number of rotatable bonds is 1. The van der Waals surface area contributed by atoms with Gasteiger partial charge in [0.15, 0.2) is 0 Å². The summed E-state index contributed by atoms with van der Waals surface area (Å²) in [7, 11) is 0. The maximum atomic E-state index is 12.5. The predicted octanol–water partition coefficient (Wildman–Crippen LogP) is 2.05. The lowest BCUT2D eigenvalue weighted by Gasteiger charge is -2.24. The van der Waals surface area contributed by atoms with E-state index in [2.05, 4.69) is 0 Å². The average Bonchev–Trinajstić information content (AvgIpc) is 2.69. The largest absolute Gasteiger partial charge is 0.466 e. The lowest BCUT2D eigenvalue weighted by molar-refractivity contribution is -0.594. The van der Waals surface area contributed by atoms with Crippen LogP contribution in [0.5, 0.6) is 0 Å². The number of hydrogen-bond donors (Lipinski definition) is 0. The third kappa shape index (κ3) is 0.890. The van der Waals surface area contributed by atoms with Crippen LogP contribution in [-0.2, 0) is 0 Å². The van der Waals surface area contributed by atoms with Crippen LogP contribution in [-0.4, -0.2) is 22.0 Å². The number of halogens is 4. The van der Waals surface area contributed by atoms with Gasteiger partial charge in [-0.1, -0.05) is 0 Å². The first-order chi connectivity index (χ1) is 6.30. The summed E-state index contributed by atoms with van der Waals surface area (Å²) in [6, 6.07) is 0. The van der Waals surface area contributed by atoms with E-state index in [-0.39, 0.29) is 11.1 Å². The van der Waals surface area contributed by atoms with Crippen molar-refractivity contribution < 1.29 is 18.1 Å². The van der Waals surface area contributed by atoms with E-state index in [0.717, 1.165) is 0 Å². The van der Waals surface area contributed by atoms with Crippen molar-refractivity contribution in [3.8, 4) is 0 Å². The van der Waals surface area contributed by atoms with Gasteiger partial charge in [0.25, 0.3) is 0 Å². The molecule has 0 radical (unpaired) electrons. The molecule has 0 aromatic heterocycles. The van der Waals surface area contributed by atoms with Crippen molar-refractivity contribution in [2.45, 2.75) is 17.1 Å². The van der Waals surface area contributed by atoms with E-state index in [4.69, 9.17) is 11.6 Å². The first-order valence-electron chi connectivity index (χ1n) is 3.61. The first-order valence-corrected chi connectivity index (χ1v) is 4.04. The monoisotopic (exact) mass is 225 g/mol. The van der Waals surface area contributed by atoms with Gasteiger partial charge in [-0.3, -0.25) is 10.1 Å². The van der Waals surface area contributed by atoms with Crippen molar-refractivity contribution in [1.82, 2.24) is 0 Å². The molecule has 0 saturated heterocycles. The molecule has 0 amide bonds. The van der Waals surface area contributed by atoms with Gasteiger partial charge in [0.1, 0.15) is 5.38 Å². The molecule has 7 heteroatoms. The van der Waals surface area contributed by atoms with Crippen LogP contribution in [0.15, 0.2) is 23.3 Å². The molecule has 0 aromatic rings. The van der Waals surface area contributed by atoms with Crippen molar-refractivity contribution in [2.75, 3.05) is 0 Å². The third-order valence-corrected chi connectivity index (χ3v) is 2.92. The van der Waals surface area contributed by atoms with E-state index < -0.39 is 22.0 Å². The summed E-state index contributed by atoms with van der Waals surface area (Å²) in [4.78, 5) is 9.11. The zero-order valence-corrected chi connectivity index (χ0v) is 7.26. The standard InChI is InChI=1S/C7H3ClF3NO2/c8-5-4-1-3(4)2-6(5,12(13)14)7(9,10)11/h1-2,5H/t5-,6-/m0/s1. The number of fused-ring (bicyclic) bond motifs is 1. The molecule has 2 aliphatic carbocycles. The summed E-state index contributed by atoms with van der Waals surface area (Å²) in [5, 5.41) is 8.84. The van der Waals surface area contributed by atoms with Crippen molar-refractivity contribution in [2.24, 2.45) is 0 Å². The van der Waals surface area contributed by atoms with E-state index in [1.54, 1.807) is 0 Å². The quantitative estimate of drug-likeness (QED) is 0.389. The zero-order chi connectivity index (χ0) is 10.7. The second-order valence-electron chi connectivity index (χ2n) is 3.14. The van der Waals surface area contributed by atoms with Crippen LogP contribution >= 0.6 is 11.6 Å². The van der Waals surface area contributed by atoms with E-state index in [1.165, 1.54) is 6.08 Å². The molecule has 0 N–H and O–H groups in total. The molecular formula is C7H3ClF3NO2. The Hall–Kier alpha value is -1.04. The summed E-state index contributed by atoms with van der Waals surface area (Å²) in [5.74, 6) is 0. The second-order valence-corrected chi connectivity index (χ2v) is 3.58. The average molecular weight is 226 g/mol. The highest BCUT2D eigenvalue weighted by molar-refractivity contribution is 6.25. The lowest BCUT2D eigenvalue weighted by Crippen LogP contribution is -2.55. The molecule has 0 aromatic carbocycles. The normalized spacial score (nSPS) is 34.7. The van der Waals surface area contributed by atoms with Crippen molar-refractivity contribution in [1.29, 1.82) is 0 Å². The number of allylic oxidation sites excluding steroid dienone is 2. The maximum absolute atomic E-state index is 12.5. The van der Waals surface area contributed by atoms with Crippen LogP contribution in [0.2, 0.25) is 0 Å². The molecule has 0 unspecified atom stereocenters. The van der Waals surface area contributed by atoms with Crippen LogP contribution in [0, 0.1) is 10.1 Å². The van der Waals surface area contributed by atoms with Gasteiger partial charge in [0.2, 0.25) is 0 Å². The molecule has 3 nitrogen and oxygen atoms in total. The molecule has 2 aliphatic rings. The zero-order valence-electron chi connectivity index (χ0n) is 6.51. The minimum Gasteiger partial charge on any atom is -0.263 e. The van der Waals surface area contributed by atoms with Crippen molar-refractivity contribution in [3.05, 3.63) is 33.4 Å². The van der Waals surface area contributed by atoms with Gasteiger partial charge >= 0.3 is 11.7 Å². The van der Waals surface area contributed by atoms with Gasteiger partial charge in [-0.15, -0.1) is 11.6 Å². The molecule has 2 rings (SSSR count). The fourth-order valence-electron chi connectivity index (χ4n) is 1.50. The van der Waals surface area contributed by atoms with Gasteiger partial charge in [-0.2, -0.15) is 13.2 Å². The molecule has 0 aliphatic heterocycles. The smallest absolute Gasteiger partial charge is 0.263 e. The third-order valence-electron chi connectivity index (χ3n) is 2.35. The Morgan fingerprint density at radius 3 is 2.36 bits per heavy atom. The predicted molar refractivity (Wildman–Crippen MR) is 41.6 cm³/mol. The molecule has 0 heterocycles. The number of hydrogen-bond acceptors (Lipinski definition) is 2. The summed E-state index contributed by atoms with van der Waals surface area (Å²) >= 11 is 5.42. The maximum Gasteiger partial charge on any atom is 0.466 e. The Morgan fingerprint density at radius 2 is 2.14 bits per heavy atom. The van der Waals surface area contributed by atoms with Gasteiger partial charge in [-0.05, 0) is 17.2 Å². The van der Waals surface area contributed by atoms with Crippen molar-refractivity contribution in [3.63, 3.8) is 0 Å². The molecule has 0 fully saturated rings. The number of nitrogens with zero attached hydrogens (tertiary/aromatic N) is 1. The van der Waals surface area contributed by atoms with Gasteiger partial charge in [0.05, 0.1) is 0 Å². The minimum atomic E-state index is -4.97. The summed E-state index contributed by atoms with van der Waals surface area (Å²) < 4.78 is 37.5. The molecule has 2 atom stereocenters. The van der Waals surface area contributed by atoms with Crippen LogP contribution in [0.25, 0.3) is 0 Å². The fraction of sp³-hybridized carbons (Fsp3) is 0.429. The van der Waals surface area contributed by atoms with Crippen LogP contribution in [0.4, 0.5) is 13.2 Å². The highest BCUT2D eigenvalue weighted by Crippen LogP contribution is 2.54. The highest BCUT2D eigenvalue weighted by atomic mass is 35.5. The SMILES string of the molecule is O=[N+]([O-])[C@@]1(C(F)(F)F)C=C2C=C2[C@@H]1Cl. The van der Waals surface area contributed by atoms with Gasteiger partial charge in [-0.25, -0.2) is 0 Å². The first kappa shape index (κ1) is 9.51. The van der Waals surface area contributed by atoms with Crippen molar-refractivity contribution >= 4 is 11.6 Å². The molecular weight excluding hydrogens is 223 g/mol. The van der Waals surface area contributed by atoms with Crippen LogP contribution in [0.3, 0.4) is 0 Å².